The van der Waals surface area contributed by atoms with Crippen molar-refractivity contribution in [2.24, 2.45) is 5.92 Å². The van der Waals surface area contributed by atoms with Crippen molar-refractivity contribution in [3.05, 3.63) is 41.4 Å². The van der Waals surface area contributed by atoms with Crippen LogP contribution >= 0.6 is 35.8 Å². The van der Waals surface area contributed by atoms with E-state index in [-0.39, 0.29) is 18.3 Å². The molecule has 0 radical (unpaired) electrons. The molecule has 0 bridgehead atoms. The fourth-order valence-electron chi connectivity index (χ4n) is 2.93. The molecule has 0 aromatic heterocycles. The fourth-order valence-corrected chi connectivity index (χ4v) is 4.21. The van der Waals surface area contributed by atoms with Gasteiger partial charge in [0.15, 0.2) is 0 Å². The molecule has 24 heavy (non-hydrogen) atoms. The third-order valence-electron chi connectivity index (χ3n) is 4.16. The van der Waals surface area contributed by atoms with Gasteiger partial charge < -0.3 is 10.6 Å². The van der Waals surface area contributed by atoms with Crippen molar-refractivity contribution in [2.45, 2.75) is 17.7 Å². The van der Waals surface area contributed by atoms with E-state index in [0.29, 0.717) is 11.7 Å². The maximum atomic E-state index is 12.1. The van der Waals surface area contributed by atoms with Gasteiger partial charge >= 0.3 is 0 Å². The Morgan fingerprint density at radius 2 is 2.08 bits per heavy atom. The van der Waals surface area contributed by atoms with Crippen molar-refractivity contribution in [1.82, 2.24) is 10.6 Å². The Morgan fingerprint density at radius 3 is 2.83 bits per heavy atom. The van der Waals surface area contributed by atoms with Gasteiger partial charge in [0.05, 0.1) is 5.75 Å². The Balaban J connectivity index is 0.00000208. The number of hydrogen-bond donors (Lipinski definition) is 2. The summed E-state index contributed by atoms with van der Waals surface area (Å²) >= 11 is 7.87. The first-order valence-electron chi connectivity index (χ1n) is 8.01. The summed E-state index contributed by atoms with van der Waals surface area (Å²) in [6, 6.07) is 12.0. The predicted octanol–water partition coefficient (Wildman–Crippen LogP) is 4.12. The van der Waals surface area contributed by atoms with E-state index in [2.05, 4.69) is 10.6 Å². The molecule has 1 fully saturated rings. The number of carbonyl (C=O) groups excluding carboxylic acids is 1. The molecule has 3 rings (SSSR count). The monoisotopic (exact) mass is 384 g/mol. The first-order chi connectivity index (χ1) is 11.2. The molecule has 1 saturated heterocycles. The summed E-state index contributed by atoms with van der Waals surface area (Å²) in [6.07, 6.45) is 2.39. The zero-order valence-electron chi connectivity index (χ0n) is 13.4. The van der Waals surface area contributed by atoms with E-state index in [4.69, 9.17) is 11.6 Å². The van der Waals surface area contributed by atoms with Crippen molar-refractivity contribution < 1.29 is 4.79 Å². The Bertz CT molecular complexity index is 685. The molecule has 1 heterocycles. The minimum atomic E-state index is 0. The molecule has 2 N–H and O–H groups in total. The lowest BCUT2D eigenvalue weighted by Crippen LogP contribution is -2.38. The summed E-state index contributed by atoms with van der Waals surface area (Å²) in [7, 11) is 0. The van der Waals surface area contributed by atoms with Crippen LogP contribution in [0.1, 0.15) is 12.8 Å². The molecular weight excluding hydrogens is 363 g/mol. The molecule has 0 saturated carbocycles. The van der Waals surface area contributed by atoms with Crippen LogP contribution in [0.4, 0.5) is 0 Å². The Labute approximate surface area is 158 Å². The molecule has 0 aliphatic carbocycles. The van der Waals surface area contributed by atoms with Crippen LogP contribution in [0, 0.1) is 5.92 Å². The zero-order valence-corrected chi connectivity index (χ0v) is 15.8. The van der Waals surface area contributed by atoms with Gasteiger partial charge in [-0.3, -0.25) is 4.79 Å². The number of halogens is 2. The average Bonchev–Trinajstić information content (AvgIpc) is 2.59. The summed E-state index contributed by atoms with van der Waals surface area (Å²) in [5, 5.41) is 9.30. The van der Waals surface area contributed by atoms with Crippen LogP contribution in [0.3, 0.4) is 0 Å². The van der Waals surface area contributed by atoms with Gasteiger partial charge in [-0.2, -0.15) is 0 Å². The van der Waals surface area contributed by atoms with Crippen molar-refractivity contribution >= 4 is 52.4 Å². The van der Waals surface area contributed by atoms with Gasteiger partial charge in [0.25, 0.3) is 0 Å². The van der Waals surface area contributed by atoms with E-state index < -0.39 is 0 Å². The highest BCUT2D eigenvalue weighted by molar-refractivity contribution is 8.00. The van der Waals surface area contributed by atoms with Gasteiger partial charge in [0, 0.05) is 21.8 Å². The fraction of sp³-hybridized carbons (Fsp3) is 0.389. The summed E-state index contributed by atoms with van der Waals surface area (Å²) in [5.41, 5.74) is 0. The Hall–Kier alpha value is -0.940. The molecule has 1 amide bonds. The number of benzene rings is 2. The molecule has 3 nitrogen and oxygen atoms in total. The van der Waals surface area contributed by atoms with Gasteiger partial charge in [-0.15, -0.1) is 24.2 Å². The first kappa shape index (κ1) is 19.4. The molecule has 2 aromatic carbocycles. The molecule has 1 unspecified atom stereocenters. The van der Waals surface area contributed by atoms with Crippen LogP contribution in [0.25, 0.3) is 10.8 Å². The van der Waals surface area contributed by atoms with Crippen LogP contribution in [-0.2, 0) is 4.79 Å². The molecular formula is C18H22Cl2N2OS. The number of fused-ring (bicyclic) bond motifs is 1. The summed E-state index contributed by atoms with van der Waals surface area (Å²) in [4.78, 5) is 13.2. The number of hydrogen-bond acceptors (Lipinski definition) is 3. The lowest BCUT2D eigenvalue weighted by molar-refractivity contribution is -0.118. The number of rotatable bonds is 5. The number of nitrogens with one attached hydrogen (secondary N) is 2. The quantitative estimate of drug-likeness (QED) is 0.761. The van der Waals surface area contributed by atoms with Gasteiger partial charge in [-0.25, -0.2) is 0 Å². The Morgan fingerprint density at radius 1 is 1.29 bits per heavy atom. The van der Waals surface area contributed by atoms with Gasteiger partial charge in [-0.1, -0.05) is 35.9 Å². The second-order valence-corrected chi connectivity index (χ2v) is 7.32. The maximum Gasteiger partial charge on any atom is 0.230 e. The first-order valence-corrected chi connectivity index (χ1v) is 9.38. The highest BCUT2D eigenvalue weighted by atomic mass is 35.5. The highest BCUT2D eigenvalue weighted by Gasteiger charge is 2.14. The number of piperidine rings is 1. The highest BCUT2D eigenvalue weighted by Crippen LogP contribution is 2.33. The zero-order chi connectivity index (χ0) is 16.1. The van der Waals surface area contributed by atoms with Gasteiger partial charge in [0.1, 0.15) is 0 Å². The van der Waals surface area contributed by atoms with Crippen LogP contribution < -0.4 is 10.6 Å². The van der Waals surface area contributed by atoms with E-state index in [1.165, 1.54) is 12.8 Å². The van der Waals surface area contributed by atoms with Gasteiger partial charge in [-0.05, 0) is 49.4 Å². The Kier molecular flexibility index (Phi) is 7.69. The van der Waals surface area contributed by atoms with Crippen LogP contribution in [-0.4, -0.2) is 31.3 Å². The van der Waals surface area contributed by atoms with Gasteiger partial charge in [0.2, 0.25) is 5.91 Å². The SMILES string of the molecule is Cl.O=C(CSc1cccc2cccc(Cl)c12)NCC1CCCNC1. The molecule has 1 aliphatic rings. The molecule has 1 aliphatic heterocycles. The number of thioether (sulfide) groups is 1. The third kappa shape index (κ3) is 5.03. The van der Waals surface area contributed by atoms with Crippen molar-refractivity contribution in [1.29, 1.82) is 0 Å². The summed E-state index contributed by atoms with van der Waals surface area (Å²) in [5.74, 6) is 1.07. The van der Waals surface area contributed by atoms with Crippen molar-refractivity contribution in [3.8, 4) is 0 Å². The second-order valence-electron chi connectivity index (χ2n) is 5.90. The third-order valence-corrected chi connectivity index (χ3v) is 5.53. The van der Waals surface area contributed by atoms with Crippen LogP contribution in [0.2, 0.25) is 5.02 Å². The van der Waals surface area contributed by atoms with E-state index >= 15 is 0 Å². The van der Waals surface area contributed by atoms with E-state index in [1.54, 1.807) is 11.8 Å². The largest absolute Gasteiger partial charge is 0.355 e. The second kappa shape index (κ2) is 9.52. The normalized spacial score (nSPS) is 17.3. The van der Waals surface area contributed by atoms with E-state index in [0.717, 1.165) is 40.3 Å². The minimum Gasteiger partial charge on any atom is -0.355 e. The minimum absolute atomic E-state index is 0. The molecule has 2 aromatic rings. The summed E-state index contributed by atoms with van der Waals surface area (Å²) < 4.78 is 0. The molecule has 130 valence electrons. The molecule has 0 spiro atoms. The summed E-state index contributed by atoms with van der Waals surface area (Å²) in [6.45, 7) is 2.87. The van der Waals surface area contributed by atoms with E-state index in [9.17, 15) is 4.79 Å². The average molecular weight is 385 g/mol. The standard InChI is InChI=1S/C18H21ClN2OS.ClH/c19-15-7-1-5-14-6-2-8-16(18(14)15)23-12-17(22)21-11-13-4-3-9-20-10-13;/h1-2,5-8,13,20H,3-4,9-12H2,(H,21,22);1H. The molecule has 1 atom stereocenters. The number of carbonyl (C=O) groups is 1. The smallest absolute Gasteiger partial charge is 0.230 e. The lowest BCUT2D eigenvalue weighted by atomic mass is 10.00. The van der Waals surface area contributed by atoms with Crippen molar-refractivity contribution in [3.63, 3.8) is 0 Å². The molecule has 6 heteroatoms. The maximum absolute atomic E-state index is 12.1. The lowest BCUT2D eigenvalue weighted by Gasteiger charge is -2.22. The van der Waals surface area contributed by atoms with Crippen LogP contribution in [0.5, 0.6) is 0 Å². The van der Waals surface area contributed by atoms with E-state index in [1.807, 2.05) is 36.4 Å². The van der Waals surface area contributed by atoms with Crippen molar-refractivity contribution in [2.75, 3.05) is 25.4 Å². The topological polar surface area (TPSA) is 41.1 Å². The predicted molar refractivity (Wildman–Crippen MR) is 106 cm³/mol. The number of amides is 1. The van der Waals surface area contributed by atoms with Crippen LogP contribution in [0.15, 0.2) is 41.3 Å².